The number of nitriles is 3. The van der Waals surface area contributed by atoms with Gasteiger partial charge in [-0.05, 0) is 89.9 Å². The summed E-state index contributed by atoms with van der Waals surface area (Å²) in [5.41, 5.74) is 8.86. The Kier molecular flexibility index (Phi) is 17.6. The van der Waals surface area contributed by atoms with E-state index in [0.29, 0.717) is 41.8 Å². The predicted octanol–water partition coefficient (Wildman–Crippen LogP) is 13.6. The Labute approximate surface area is 343 Å². The van der Waals surface area contributed by atoms with Gasteiger partial charge in [-0.15, -0.1) is 0 Å². The molecule has 0 amide bonds. The van der Waals surface area contributed by atoms with Crippen LogP contribution >= 0.6 is 0 Å². The molecule has 0 fully saturated rings. The van der Waals surface area contributed by atoms with Crippen molar-refractivity contribution in [1.82, 2.24) is 0 Å². The van der Waals surface area contributed by atoms with Crippen LogP contribution in [0, 0.1) is 82.5 Å². The second-order valence-electron chi connectivity index (χ2n) is 11.7. The molecule has 0 bridgehead atoms. The van der Waals surface area contributed by atoms with Gasteiger partial charge in [0.2, 0.25) is 0 Å². The largest absolute Gasteiger partial charge is 0.192 e. The zero-order valence-corrected chi connectivity index (χ0v) is 32.6. The van der Waals surface area contributed by atoms with Gasteiger partial charge in [0.15, 0.2) is 0 Å². The van der Waals surface area contributed by atoms with E-state index in [1.165, 1.54) is 29.8 Å². The monoisotopic (exact) mass is 728 g/mol. The van der Waals surface area contributed by atoms with Crippen molar-refractivity contribution in [3.05, 3.63) is 250 Å². The Morgan fingerprint density at radius 3 is 1.33 bits per heavy atom. The maximum Gasteiger partial charge on any atom is 0.0994 e. The summed E-state index contributed by atoms with van der Waals surface area (Å²) in [5.74, 6) is 0. The van der Waals surface area contributed by atoms with Gasteiger partial charge in [0, 0.05) is 0 Å². The highest BCUT2D eigenvalue weighted by atomic mass is 14.2. The highest BCUT2D eigenvalue weighted by Gasteiger charge is 1.90. The third-order valence-electron chi connectivity index (χ3n) is 6.73. The van der Waals surface area contributed by atoms with Crippen LogP contribution in [0.3, 0.4) is 0 Å². The van der Waals surface area contributed by atoms with Gasteiger partial charge in [0.25, 0.3) is 0 Å². The van der Waals surface area contributed by atoms with Crippen LogP contribution in [-0.2, 0) is 0 Å². The number of aryl methyl sites for hydroxylation is 5. The van der Waals surface area contributed by atoms with Crippen LogP contribution in [0.1, 0.15) is 68.0 Å². The van der Waals surface area contributed by atoms with Gasteiger partial charge >= 0.3 is 0 Å². The zero-order valence-electron chi connectivity index (χ0n) is 41.6. The topological polar surface area (TPSA) is 71.4 Å². The molecule has 7 rings (SSSR count). The minimum atomic E-state index is 0.237. The molecule has 55 heavy (non-hydrogen) atoms. The molecule has 3 nitrogen and oxygen atoms in total. The predicted molar refractivity (Wildman–Crippen MR) is 232 cm³/mol. The van der Waals surface area contributed by atoms with Crippen molar-refractivity contribution in [3.8, 4) is 18.2 Å². The molecule has 0 aromatic heterocycles. The van der Waals surface area contributed by atoms with Crippen LogP contribution in [0.5, 0.6) is 0 Å². The molecular formula is C52H53N3. The molecule has 7 aromatic carbocycles. The van der Waals surface area contributed by atoms with Crippen LogP contribution < -0.4 is 0 Å². The van der Waals surface area contributed by atoms with Crippen molar-refractivity contribution >= 4 is 0 Å². The molecule has 0 aliphatic rings. The second kappa shape index (κ2) is 29.6. The third kappa shape index (κ3) is 24.8. The van der Waals surface area contributed by atoms with E-state index in [1.807, 2.05) is 101 Å². The highest BCUT2D eigenvalue weighted by molar-refractivity contribution is 5.36. The molecule has 0 aliphatic carbocycles. The number of rotatable bonds is 0. The van der Waals surface area contributed by atoms with Crippen LogP contribution in [0.4, 0.5) is 0 Å². The molecule has 0 heterocycles. The van der Waals surface area contributed by atoms with Crippen LogP contribution in [0.15, 0.2) is 194 Å². The summed E-state index contributed by atoms with van der Waals surface area (Å²) in [6, 6.07) is 50.1. The maximum atomic E-state index is 8.47. The molecule has 0 N–H and O–H groups in total. The van der Waals surface area contributed by atoms with Crippen molar-refractivity contribution in [3.63, 3.8) is 0 Å². The van der Waals surface area contributed by atoms with Gasteiger partial charge in [-0.3, -0.25) is 0 Å². The summed E-state index contributed by atoms with van der Waals surface area (Å²) >= 11 is 0. The van der Waals surface area contributed by atoms with E-state index in [0.717, 1.165) is 44.5 Å². The maximum absolute atomic E-state index is 8.47. The van der Waals surface area contributed by atoms with E-state index >= 15 is 0 Å². The standard InChI is InChI=1S/3C8H7N.4C7H8/c1-7-2-4-8(6-9)5-3-7;1-7-3-2-4-8(5-7)6-9;1-7-4-2-3-5-8(7)6-9;4*1-7-5-3-2-4-6-7/h3*2-5H,1H3;4*2-6H,1H3/i;;;2D,5D,6D;5D,6D;3D,4D;2D,5D. The fourth-order valence-corrected chi connectivity index (χ4v) is 3.72. The first kappa shape index (κ1) is 32.6. The van der Waals surface area contributed by atoms with Gasteiger partial charge in [0.05, 0.1) is 47.2 Å². The summed E-state index contributed by atoms with van der Waals surface area (Å²) in [4.78, 5) is 0. The minimum absolute atomic E-state index is 0.237. The number of nitrogens with zero attached hydrogens (tertiary/aromatic N) is 3. The van der Waals surface area contributed by atoms with Crippen LogP contribution in [0.2, 0.25) is 0 Å². The van der Waals surface area contributed by atoms with E-state index in [-0.39, 0.29) is 18.1 Å². The van der Waals surface area contributed by atoms with E-state index in [1.54, 1.807) is 62.4 Å². The van der Waals surface area contributed by atoms with E-state index in [9.17, 15) is 0 Å². The van der Waals surface area contributed by atoms with Crippen LogP contribution in [0.25, 0.3) is 0 Å². The van der Waals surface area contributed by atoms with E-state index in [4.69, 9.17) is 28.1 Å². The van der Waals surface area contributed by atoms with Gasteiger partial charge in [0.1, 0.15) is 0 Å². The van der Waals surface area contributed by atoms with Gasteiger partial charge < -0.3 is 0 Å². The smallest absolute Gasteiger partial charge is 0.0994 e. The quantitative estimate of drug-likeness (QED) is 0.156. The Morgan fingerprint density at radius 1 is 0.345 bits per heavy atom. The first-order valence-electron chi connectivity index (χ1n) is 21.8. The van der Waals surface area contributed by atoms with Gasteiger partial charge in [-0.25, -0.2) is 0 Å². The number of benzene rings is 7. The molecule has 3 heteroatoms. The Morgan fingerprint density at radius 2 is 0.855 bits per heavy atom. The summed E-state index contributed by atoms with van der Waals surface area (Å²) < 4.78 is 64.8. The Balaban J connectivity index is 0.000000373. The molecule has 0 spiro atoms. The van der Waals surface area contributed by atoms with Crippen molar-refractivity contribution in [2.45, 2.75) is 48.5 Å². The lowest BCUT2D eigenvalue weighted by molar-refractivity contribution is 1.39. The fourth-order valence-electron chi connectivity index (χ4n) is 3.72. The normalized spacial score (nSPS) is 10.9. The van der Waals surface area contributed by atoms with Crippen molar-refractivity contribution < 1.29 is 12.3 Å². The van der Waals surface area contributed by atoms with Crippen molar-refractivity contribution in [2.75, 3.05) is 0 Å². The number of hydrogen-bond donors (Lipinski definition) is 0. The molecule has 0 saturated heterocycles. The van der Waals surface area contributed by atoms with Gasteiger partial charge in [-0.1, -0.05) is 191 Å². The molecule has 276 valence electrons. The molecule has 0 unspecified atom stereocenters. The van der Waals surface area contributed by atoms with Crippen molar-refractivity contribution in [1.29, 1.82) is 15.8 Å². The Bertz CT molecular complexity index is 2580. The lowest BCUT2D eigenvalue weighted by Crippen LogP contribution is -1.77. The molecular weight excluding hydrogens is 667 g/mol. The van der Waals surface area contributed by atoms with E-state index in [2.05, 4.69) is 18.2 Å². The third-order valence-corrected chi connectivity index (χ3v) is 6.73. The zero-order chi connectivity index (χ0) is 48.4. The van der Waals surface area contributed by atoms with Crippen LogP contribution in [-0.4, -0.2) is 0 Å². The molecule has 0 atom stereocenters. The van der Waals surface area contributed by atoms with Crippen molar-refractivity contribution in [2.24, 2.45) is 0 Å². The molecule has 0 radical (unpaired) electrons. The Hall–Kier alpha value is -6.99. The summed E-state index contributed by atoms with van der Waals surface area (Å²) in [6.07, 6.45) is 0. The number of hydrogen-bond acceptors (Lipinski definition) is 3. The lowest BCUT2D eigenvalue weighted by atomic mass is 10.1. The van der Waals surface area contributed by atoms with E-state index < -0.39 is 0 Å². The molecule has 0 aliphatic heterocycles. The highest BCUT2D eigenvalue weighted by Crippen LogP contribution is 2.04. The molecule has 0 saturated carbocycles. The average molecular weight is 729 g/mol. The lowest BCUT2D eigenvalue weighted by Gasteiger charge is -1.90. The summed E-state index contributed by atoms with van der Waals surface area (Å²) in [6.45, 7) is 13.1. The minimum Gasteiger partial charge on any atom is -0.192 e. The average Bonchev–Trinajstić information content (AvgIpc) is 3.24. The molecule has 7 aromatic rings. The summed E-state index contributed by atoms with van der Waals surface area (Å²) in [5, 5.41) is 25.3. The first-order chi connectivity index (χ1) is 30.2. The fraction of sp³-hybridized carbons (Fsp3) is 0.135. The van der Waals surface area contributed by atoms with Gasteiger partial charge in [-0.2, -0.15) is 15.8 Å². The first-order valence-corrected chi connectivity index (χ1v) is 17.3. The second-order valence-corrected chi connectivity index (χ2v) is 11.7. The summed E-state index contributed by atoms with van der Waals surface area (Å²) in [7, 11) is 0. The SMILES string of the molecule is Cc1ccc(C#N)cc1.Cc1cccc(C#N)c1.Cc1ccccc1C#N.[2H]c1cc([2H])c(C)c([2H])c1.[2H]c1cc([2H])cc(C)c1.[2H]c1ccc(C)c([2H])c1.[2H]c1cccc([2H])c1C.